The van der Waals surface area contributed by atoms with Crippen LogP contribution in [0.5, 0.6) is 11.5 Å². The molecule has 28 heavy (non-hydrogen) atoms. The molecule has 0 amide bonds. The smallest absolute Gasteiger partial charge is 0.170 e. The Morgan fingerprint density at radius 1 is 0.786 bits per heavy atom. The standard InChI is InChI=1S/C22H23N3O2S/c1-26-20-9-5-6-10-21(20)27-16-15-23-22(28)25-19-13-11-18(12-14-19)24-17-7-3-2-4-8-17/h2-14,24H,15-16H2,1H3,(H2,23,25,28). The van der Waals surface area contributed by atoms with E-state index >= 15 is 0 Å². The van der Waals surface area contributed by atoms with Crippen molar-refractivity contribution in [1.82, 2.24) is 5.32 Å². The predicted octanol–water partition coefficient (Wildman–Crippen LogP) is 4.80. The third-order valence-corrected chi connectivity index (χ3v) is 4.17. The summed E-state index contributed by atoms with van der Waals surface area (Å²) >= 11 is 5.33. The number of para-hydroxylation sites is 3. The van der Waals surface area contributed by atoms with Crippen LogP contribution in [0.2, 0.25) is 0 Å². The van der Waals surface area contributed by atoms with Crippen molar-refractivity contribution in [2.45, 2.75) is 0 Å². The number of rotatable bonds is 8. The zero-order chi connectivity index (χ0) is 19.6. The average Bonchev–Trinajstić information content (AvgIpc) is 2.74. The number of benzene rings is 3. The van der Waals surface area contributed by atoms with Crippen LogP contribution >= 0.6 is 12.2 Å². The first-order valence-electron chi connectivity index (χ1n) is 8.97. The van der Waals surface area contributed by atoms with Gasteiger partial charge in [0.05, 0.1) is 13.7 Å². The Hall–Kier alpha value is -3.25. The normalized spacial score (nSPS) is 10.0. The van der Waals surface area contributed by atoms with Gasteiger partial charge in [0.15, 0.2) is 16.6 Å². The molecular formula is C22H23N3O2S. The molecule has 0 heterocycles. The lowest BCUT2D eigenvalue weighted by Gasteiger charge is -2.13. The Labute approximate surface area is 170 Å². The minimum absolute atomic E-state index is 0.474. The van der Waals surface area contributed by atoms with Gasteiger partial charge in [0, 0.05) is 17.1 Å². The van der Waals surface area contributed by atoms with Gasteiger partial charge in [0.1, 0.15) is 6.61 Å². The highest BCUT2D eigenvalue weighted by Crippen LogP contribution is 2.25. The van der Waals surface area contributed by atoms with E-state index < -0.39 is 0 Å². The summed E-state index contributed by atoms with van der Waals surface area (Å²) in [5, 5.41) is 10.2. The van der Waals surface area contributed by atoms with E-state index in [1.165, 1.54) is 0 Å². The summed E-state index contributed by atoms with van der Waals surface area (Å²) in [6.45, 7) is 1.06. The highest BCUT2D eigenvalue weighted by Gasteiger charge is 2.03. The van der Waals surface area contributed by atoms with Gasteiger partial charge in [-0.1, -0.05) is 30.3 Å². The second kappa shape index (κ2) is 10.2. The van der Waals surface area contributed by atoms with E-state index in [1.807, 2.05) is 78.9 Å². The van der Waals surface area contributed by atoms with Gasteiger partial charge in [-0.05, 0) is 60.7 Å². The molecule has 3 rings (SSSR count). The summed E-state index contributed by atoms with van der Waals surface area (Å²) in [5.41, 5.74) is 2.98. The molecule has 0 atom stereocenters. The molecule has 0 aliphatic carbocycles. The molecule has 0 bridgehead atoms. The van der Waals surface area contributed by atoms with Crippen molar-refractivity contribution in [1.29, 1.82) is 0 Å². The second-order valence-electron chi connectivity index (χ2n) is 5.95. The van der Waals surface area contributed by atoms with Crippen molar-refractivity contribution in [3.63, 3.8) is 0 Å². The Balaban J connectivity index is 1.41. The Morgan fingerprint density at radius 2 is 1.39 bits per heavy atom. The van der Waals surface area contributed by atoms with Gasteiger partial charge in [0.2, 0.25) is 0 Å². The minimum Gasteiger partial charge on any atom is -0.493 e. The van der Waals surface area contributed by atoms with Crippen molar-refractivity contribution in [2.75, 3.05) is 30.9 Å². The lowest BCUT2D eigenvalue weighted by Crippen LogP contribution is -2.31. The molecule has 0 spiro atoms. The maximum Gasteiger partial charge on any atom is 0.170 e. The van der Waals surface area contributed by atoms with Crippen LogP contribution in [0.1, 0.15) is 0 Å². The maximum absolute atomic E-state index is 5.72. The van der Waals surface area contributed by atoms with Crippen LogP contribution in [0.3, 0.4) is 0 Å². The molecule has 0 saturated carbocycles. The molecule has 6 heteroatoms. The molecule has 3 aromatic rings. The van der Waals surface area contributed by atoms with Crippen LogP contribution in [-0.4, -0.2) is 25.4 Å². The Bertz CT molecular complexity index is 886. The van der Waals surface area contributed by atoms with Crippen molar-refractivity contribution in [3.8, 4) is 11.5 Å². The van der Waals surface area contributed by atoms with Crippen LogP contribution in [0.15, 0.2) is 78.9 Å². The fourth-order valence-electron chi connectivity index (χ4n) is 2.56. The summed E-state index contributed by atoms with van der Waals surface area (Å²) in [5.74, 6) is 1.43. The van der Waals surface area contributed by atoms with E-state index in [-0.39, 0.29) is 0 Å². The van der Waals surface area contributed by atoms with E-state index in [0.29, 0.717) is 29.8 Å². The number of thiocarbonyl (C=S) groups is 1. The summed E-state index contributed by atoms with van der Waals surface area (Å²) < 4.78 is 11.0. The maximum atomic E-state index is 5.72. The van der Waals surface area contributed by atoms with E-state index in [2.05, 4.69) is 16.0 Å². The number of nitrogens with one attached hydrogen (secondary N) is 3. The summed E-state index contributed by atoms with van der Waals surface area (Å²) in [4.78, 5) is 0. The fourth-order valence-corrected chi connectivity index (χ4v) is 2.78. The van der Waals surface area contributed by atoms with Crippen molar-refractivity contribution < 1.29 is 9.47 Å². The zero-order valence-corrected chi connectivity index (χ0v) is 16.5. The quantitative estimate of drug-likeness (QED) is 0.377. The zero-order valence-electron chi connectivity index (χ0n) is 15.6. The van der Waals surface area contributed by atoms with Crippen LogP contribution in [0, 0.1) is 0 Å². The molecule has 144 valence electrons. The number of hydrogen-bond donors (Lipinski definition) is 3. The van der Waals surface area contributed by atoms with Crippen LogP contribution in [0.25, 0.3) is 0 Å². The molecule has 0 aliphatic rings. The number of hydrogen-bond acceptors (Lipinski definition) is 4. The van der Waals surface area contributed by atoms with Gasteiger partial charge >= 0.3 is 0 Å². The molecule has 0 radical (unpaired) electrons. The molecule has 0 unspecified atom stereocenters. The molecule has 3 aromatic carbocycles. The van der Waals surface area contributed by atoms with Crippen molar-refractivity contribution >= 4 is 34.4 Å². The molecule has 5 nitrogen and oxygen atoms in total. The summed E-state index contributed by atoms with van der Waals surface area (Å²) in [7, 11) is 1.63. The summed E-state index contributed by atoms with van der Waals surface area (Å²) in [6.07, 6.45) is 0. The van der Waals surface area contributed by atoms with Crippen LogP contribution in [0.4, 0.5) is 17.1 Å². The minimum atomic E-state index is 0.474. The van der Waals surface area contributed by atoms with Gasteiger partial charge < -0.3 is 25.4 Å². The monoisotopic (exact) mass is 393 g/mol. The van der Waals surface area contributed by atoms with Crippen LogP contribution < -0.4 is 25.4 Å². The number of methoxy groups -OCH3 is 1. The molecule has 3 N–H and O–H groups in total. The molecule has 0 aromatic heterocycles. The molecule has 0 aliphatic heterocycles. The SMILES string of the molecule is COc1ccccc1OCCNC(=S)Nc1ccc(Nc2ccccc2)cc1. The van der Waals surface area contributed by atoms with E-state index in [0.717, 1.165) is 17.1 Å². The van der Waals surface area contributed by atoms with Gasteiger partial charge in [0.25, 0.3) is 0 Å². The topological polar surface area (TPSA) is 54.6 Å². The lowest BCUT2D eigenvalue weighted by atomic mass is 10.2. The first-order chi connectivity index (χ1) is 13.7. The third-order valence-electron chi connectivity index (χ3n) is 3.92. The average molecular weight is 394 g/mol. The van der Waals surface area contributed by atoms with Crippen LogP contribution in [-0.2, 0) is 0 Å². The predicted molar refractivity (Wildman–Crippen MR) is 119 cm³/mol. The van der Waals surface area contributed by atoms with Gasteiger partial charge in [-0.2, -0.15) is 0 Å². The van der Waals surface area contributed by atoms with Gasteiger partial charge in [-0.25, -0.2) is 0 Å². The molecular weight excluding hydrogens is 370 g/mol. The first kappa shape index (κ1) is 19.5. The molecule has 0 saturated heterocycles. The Kier molecular flexibility index (Phi) is 7.09. The first-order valence-corrected chi connectivity index (χ1v) is 9.38. The number of anilines is 3. The van der Waals surface area contributed by atoms with E-state index in [9.17, 15) is 0 Å². The number of ether oxygens (including phenoxy) is 2. The fraction of sp³-hybridized carbons (Fsp3) is 0.136. The lowest BCUT2D eigenvalue weighted by molar-refractivity contribution is 0.298. The highest BCUT2D eigenvalue weighted by atomic mass is 32.1. The third kappa shape index (κ3) is 5.89. The largest absolute Gasteiger partial charge is 0.493 e. The van der Waals surface area contributed by atoms with E-state index in [4.69, 9.17) is 21.7 Å². The van der Waals surface area contributed by atoms with E-state index in [1.54, 1.807) is 7.11 Å². The molecule has 0 fully saturated rings. The van der Waals surface area contributed by atoms with Crippen molar-refractivity contribution in [2.24, 2.45) is 0 Å². The van der Waals surface area contributed by atoms with Gasteiger partial charge in [-0.3, -0.25) is 0 Å². The Morgan fingerprint density at radius 3 is 2.11 bits per heavy atom. The summed E-state index contributed by atoms with van der Waals surface area (Å²) in [6, 6.07) is 25.6. The van der Waals surface area contributed by atoms with Crippen molar-refractivity contribution in [3.05, 3.63) is 78.9 Å². The second-order valence-corrected chi connectivity index (χ2v) is 6.36. The highest BCUT2D eigenvalue weighted by molar-refractivity contribution is 7.80. The van der Waals surface area contributed by atoms with Gasteiger partial charge in [-0.15, -0.1) is 0 Å².